The highest BCUT2D eigenvalue weighted by Gasteiger charge is 2.31. The molecule has 0 aromatic carbocycles. The molecule has 1 rings (SSSR count). The first-order chi connectivity index (χ1) is 8.39. The Bertz CT molecular complexity index is 392. The largest absolute Gasteiger partial charge is 0.405 e. The Labute approximate surface area is 104 Å². The van der Waals surface area contributed by atoms with Gasteiger partial charge in [-0.3, -0.25) is 0 Å². The van der Waals surface area contributed by atoms with E-state index in [4.69, 9.17) is 5.73 Å². The van der Waals surface area contributed by atoms with Crippen LogP contribution in [-0.4, -0.2) is 29.2 Å². The van der Waals surface area contributed by atoms with Gasteiger partial charge in [-0.05, 0) is 13.3 Å². The predicted octanol–water partition coefficient (Wildman–Crippen LogP) is 2.40. The van der Waals surface area contributed by atoms with Crippen LogP contribution >= 0.6 is 0 Å². The molecule has 0 spiro atoms. The summed E-state index contributed by atoms with van der Waals surface area (Å²) < 4.78 is 37.4. The highest BCUT2D eigenvalue weighted by Crippen LogP contribution is 2.26. The van der Waals surface area contributed by atoms with Crippen LogP contribution in [0.2, 0.25) is 0 Å². The molecule has 0 fully saturated rings. The summed E-state index contributed by atoms with van der Waals surface area (Å²) in [6.45, 7) is 2.76. The van der Waals surface area contributed by atoms with E-state index < -0.39 is 12.7 Å². The van der Waals surface area contributed by atoms with Crippen molar-refractivity contribution >= 4 is 11.6 Å². The maximum absolute atomic E-state index is 12.5. The summed E-state index contributed by atoms with van der Waals surface area (Å²) in [6, 6.07) is 0. The number of rotatable bonds is 5. The highest BCUT2D eigenvalue weighted by atomic mass is 19.4. The van der Waals surface area contributed by atoms with E-state index >= 15 is 0 Å². The van der Waals surface area contributed by atoms with E-state index in [2.05, 4.69) is 9.97 Å². The zero-order valence-corrected chi connectivity index (χ0v) is 10.5. The number of anilines is 2. The van der Waals surface area contributed by atoms with E-state index in [-0.39, 0.29) is 18.2 Å². The van der Waals surface area contributed by atoms with E-state index in [1.54, 1.807) is 6.92 Å². The molecule has 18 heavy (non-hydrogen) atoms. The smallest absolute Gasteiger partial charge is 0.383 e. The monoisotopic (exact) mass is 262 g/mol. The van der Waals surface area contributed by atoms with Gasteiger partial charge in [0.2, 0.25) is 0 Å². The molecule has 0 bridgehead atoms. The normalized spacial score (nSPS) is 11.6. The number of alkyl halides is 3. The maximum atomic E-state index is 12.5. The van der Waals surface area contributed by atoms with Gasteiger partial charge in [-0.25, -0.2) is 9.97 Å². The molecular formula is C11H17F3N4. The maximum Gasteiger partial charge on any atom is 0.405 e. The molecule has 0 radical (unpaired) electrons. The van der Waals surface area contributed by atoms with Gasteiger partial charge in [-0.2, -0.15) is 13.2 Å². The lowest BCUT2D eigenvalue weighted by atomic mass is 10.1. The van der Waals surface area contributed by atoms with E-state index in [1.165, 1.54) is 11.2 Å². The van der Waals surface area contributed by atoms with Crippen molar-refractivity contribution < 1.29 is 13.2 Å². The van der Waals surface area contributed by atoms with Crippen molar-refractivity contribution in [1.82, 2.24) is 9.97 Å². The number of nitrogens with two attached hydrogens (primary N) is 1. The number of hydrogen-bond acceptors (Lipinski definition) is 4. The molecule has 4 nitrogen and oxygen atoms in total. The number of nitrogens with zero attached hydrogens (tertiary/aromatic N) is 3. The first-order valence-corrected chi connectivity index (χ1v) is 5.80. The second-order valence-electron chi connectivity index (χ2n) is 3.94. The van der Waals surface area contributed by atoms with Crippen molar-refractivity contribution in [3.05, 3.63) is 11.9 Å². The van der Waals surface area contributed by atoms with Crippen LogP contribution in [0, 0.1) is 0 Å². The third-order valence-corrected chi connectivity index (χ3v) is 2.51. The molecule has 1 heterocycles. The van der Waals surface area contributed by atoms with Crippen LogP contribution < -0.4 is 10.6 Å². The first kappa shape index (κ1) is 14.5. The summed E-state index contributed by atoms with van der Waals surface area (Å²) in [5.74, 6) is 0.534. The number of halogens is 3. The molecule has 0 aliphatic rings. The van der Waals surface area contributed by atoms with Crippen LogP contribution in [0.4, 0.5) is 24.8 Å². The molecule has 2 N–H and O–H groups in total. The van der Waals surface area contributed by atoms with Crippen LogP contribution in [0.3, 0.4) is 0 Å². The summed E-state index contributed by atoms with van der Waals surface area (Å²) in [7, 11) is 0. The predicted molar refractivity (Wildman–Crippen MR) is 64.4 cm³/mol. The van der Waals surface area contributed by atoms with Gasteiger partial charge in [0.1, 0.15) is 24.5 Å². The third kappa shape index (κ3) is 3.75. The standard InChI is InChI=1S/C11H17F3N4/c1-3-5-8-9(15)16-7-17-10(8)18(4-2)6-11(12,13)14/h7H,3-6H2,1-2H3,(H2,15,16,17). The van der Waals surface area contributed by atoms with Crippen LogP contribution in [0.5, 0.6) is 0 Å². The van der Waals surface area contributed by atoms with Gasteiger partial charge in [-0.1, -0.05) is 13.3 Å². The van der Waals surface area contributed by atoms with E-state index in [9.17, 15) is 13.2 Å². The van der Waals surface area contributed by atoms with Gasteiger partial charge in [0.25, 0.3) is 0 Å². The third-order valence-electron chi connectivity index (χ3n) is 2.51. The molecule has 1 aromatic rings. The Balaban J connectivity index is 3.08. The van der Waals surface area contributed by atoms with Gasteiger partial charge in [0.05, 0.1) is 0 Å². The number of aromatic nitrogens is 2. The van der Waals surface area contributed by atoms with Crippen LogP contribution in [0.25, 0.3) is 0 Å². The lowest BCUT2D eigenvalue weighted by molar-refractivity contribution is -0.119. The molecule has 1 aromatic heterocycles. The summed E-state index contributed by atoms with van der Waals surface area (Å²) in [5.41, 5.74) is 6.29. The fraction of sp³-hybridized carbons (Fsp3) is 0.636. The Kier molecular flexibility index (Phi) is 4.75. The van der Waals surface area contributed by atoms with Gasteiger partial charge >= 0.3 is 6.18 Å². The second-order valence-corrected chi connectivity index (χ2v) is 3.94. The van der Waals surface area contributed by atoms with Crippen molar-refractivity contribution in [2.75, 3.05) is 23.7 Å². The number of nitrogen functional groups attached to an aromatic ring is 1. The minimum Gasteiger partial charge on any atom is -0.383 e. The summed E-state index contributed by atoms with van der Waals surface area (Å²) in [6.07, 6.45) is -1.73. The molecule has 0 saturated carbocycles. The van der Waals surface area contributed by atoms with Crippen LogP contribution in [0.1, 0.15) is 25.8 Å². The van der Waals surface area contributed by atoms with Gasteiger partial charge in [-0.15, -0.1) is 0 Å². The Morgan fingerprint density at radius 3 is 2.44 bits per heavy atom. The molecule has 0 atom stereocenters. The zero-order chi connectivity index (χ0) is 13.8. The second kappa shape index (κ2) is 5.88. The molecule has 102 valence electrons. The van der Waals surface area contributed by atoms with Gasteiger partial charge in [0.15, 0.2) is 0 Å². The summed E-state index contributed by atoms with van der Waals surface area (Å²) >= 11 is 0. The topological polar surface area (TPSA) is 55.0 Å². The minimum atomic E-state index is -4.26. The fourth-order valence-electron chi connectivity index (χ4n) is 1.73. The highest BCUT2D eigenvalue weighted by molar-refractivity contribution is 5.56. The molecule has 0 aliphatic heterocycles. The molecule has 0 amide bonds. The molecular weight excluding hydrogens is 245 g/mol. The summed E-state index contributed by atoms with van der Waals surface area (Å²) in [5, 5.41) is 0. The van der Waals surface area contributed by atoms with Crippen molar-refractivity contribution in [3.63, 3.8) is 0 Å². The van der Waals surface area contributed by atoms with Crippen molar-refractivity contribution in [1.29, 1.82) is 0 Å². The van der Waals surface area contributed by atoms with Gasteiger partial charge < -0.3 is 10.6 Å². The molecule has 7 heteroatoms. The fourth-order valence-corrected chi connectivity index (χ4v) is 1.73. The Morgan fingerprint density at radius 1 is 1.28 bits per heavy atom. The molecule has 0 aliphatic carbocycles. The van der Waals surface area contributed by atoms with Gasteiger partial charge in [0, 0.05) is 12.1 Å². The SMILES string of the molecule is CCCc1c(N)ncnc1N(CC)CC(F)(F)F. The van der Waals surface area contributed by atoms with Crippen LogP contribution in [-0.2, 0) is 6.42 Å². The number of hydrogen-bond donors (Lipinski definition) is 1. The van der Waals surface area contributed by atoms with E-state index in [1.807, 2.05) is 6.92 Å². The Hall–Kier alpha value is -1.53. The van der Waals surface area contributed by atoms with Crippen molar-refractivity contribution in [2.24, 2.45) is 0 Å². The van der Waals surface area contributed by atoms with Crippen molar-refractivity contribution in [3.8, 4) is 0 Å². The lowest BCUT2D eigenvalue weighted by Gasteiger charge is -2.25. The van der Waals surface area contributed by atoms with Crippen molar-refractivity contribution in [2.45, 2.75) is 32.9 Å². The molecule has 0 saturated heterocycles. The summed E-state index contributed by atoms with van der Waals surface area (Å²) in [4.78, 5) is 8.95. The van der Waals surface area contributed by atoms with Crippen LogP contribution in [0.15, 0.2) is 6.33 Å². The van der Waals surface area contributed by atoms with E-state index in [0.717, 1.165) is 6.42 Å². The first-order valence-electron chi connectivity index (χ1n) is 5.80. The zero-order valence-electron chi connectivity index (χ0n) is 10.5. The quantitative estimate of drug-likeness (QED) is 0.885. The average Bonchev–Trinajstić information content (AvgIpc) is 2.28. The average molecular weight is 262 g/mol. The lowest BCUT2D eigenvalue weighted by Crippen LogP contribution is -2.35. The van der Waals surface area contributed by atoms with E-state index in [0.29, 0.717) is 12.0 Å². The Morgan fingerprint density at radius 2 is 1.94 bits per heavy atom. The minimum absolute atomic E-state index is 0.215. The molecule has 0 unspecified atom stereocenters.